The minimum Gasteiger partial charge on any atom is -0.294 e. The standard InChI is InChI=1S/C11H11FO/c1-7-5-6-8-9(11(7)12)3-2-4-10(8)13/h5-6H,2-4H2,1H3. The molecule has 0 fully saturated rings. The molecule has 0 aliphatic heterocycles. The molecule has 0 spiro atoms. The van der Waals surface area contributed by atoms with Crippen molar-refractivity contribution in [3.8, 4) is 0 Å². The number of hydrogen-bond donors (Lipinski definition) is 0. The Hall–Kier alpha value is -1.18. The lowest BCUT2D eigenvalue weighted by molar-refractivity contribution is 0.0971. The van der Waals surface area contributed by atoms with E-state index in [1.807, 2.05) is 0 Å². The van der Waals surface area contributed by atoms with E-state index in [-0.39, 0.29) is 11.6 Å². The van der Waals surface area contributed by atoms with Gasteiger partial charge in [-0.2, -0.15) is 0 Å². The van der Waals surface area contributed by atoms with E-state index in [4.69, 9.17) is 0 Å². The molecule has 0 N–H and O–H groups in total. The SMILES string of the molecule is Cc1ccc2c(c1F)CCCC2=O. The van der Waals surface area contributed by atoms with Crippen molar-refractivity contribution >= 4 is 5.78 Å². The Labute approximate surface area is 76.6 Å². The molecule has 2 rings (SSSR count). The first kappa shape index (κ1) is 8.42. The van der Waals surface area contributed by atoms with E-state index in [0.717, 1.165) is 6.42 Å². The molecule has 1 aliphatic carbocycles. The van der Waals surface area contributed by atoms with E-state index in [9.17, 15) is 9.18 Å². The summed E-state index contributed by atoms with van der Waals surface area (Å²) >= 11 is 0. The third kappa shape index (κ3) is 1.26. The molecular weight excluding hydrogens is 167 g/mol. The molecule has 0 saturated carbocycles. The number of rotatable bonds is 0. The van der Waals surface area contributed by atoms with Crippen LogP contribution in [0.5, 0.6) is 0 Å². The minimum absolute atomic E-state index is 0.0835. The fourth-order valence-corrected chi connectivity index (χ4v) is 1.80. The van der Waals surface area contributed by atoms with Gasteiger partial charge in [0.1, 0.15) is 5.82 Å². The van der Waals surface area contributed by atoms with Gasteiger partial charge in [0.05, 0.1) is 0 Å². The second-order valence-corrected chi connectivity index (χ2v) is 3.50. The Morgan fingerprint density at radius 3 is 2.85 bits per heavy atom. The number of Topliss-reactive ketones (excluding diaryl/α,β-unsaturated/α-hetero) is 1. The molecule has 68 valence electrons. The van der Waals surface area contributed by atoms with Crippen LogP contribution in [-0.2, 0) is 6.42 Å². The zero-order valence-electron chi connectivity index (χ0n) is 7.56. The molecule has 0 atom stereocenters. The third-order valence-electron chi connectivity index (χ3n) is 2.57. The maximum absolute atomic E-state index is 13.5. The summed E-state index contributed by atoms with van der Waals surface area (Å²) in [6.07, 6.45) is 2.05. The third-order valence-corrected chi connectivity index (χ3v) is 2.57. The summed E-state index contributed by atoms with van der Waals surface area (Å²) < 4.78 is 13.5. The van der Waals surface area contributed by atoms with E-state index in [1.54, 1.807) is 19.1 Å². The minimum atomic E-state index is -0.189. The highest BCUT2D eigenvalue weighted by molar-refractivity contribution is 5.98. The molecule has 2 heteroatoms. The van der Waals surface area contributed by atoms with Crippen molar-refractivity contribution < 1.29 is 9.18 Å². The van der Waals surface area contributed by atoms with E-state index in [0.29, 0.717) is 29.5 Å². The smallest absolute Gasteiger partial charge is 0.163 e. The monoisotopic (exact) mass is 178 g/mol. The van der Waals surface area contributed by atoms with Crippen molar-refractivity contribution in [2.75, 3.05) is 0 Å². The zero-order valence-corrected chi connectivity index (χ0v) is 7.56. The molecule has 0 heterocycles. The predicted octanol–water partition coefficient (Wildman–Crippen LogP) is 2.65. The van der Waals surface area contributed by atoms with E-state index < -0.39 is 0 Å². The van der Waals surface area contributed by atoms with Crippen molar-refractivity contribution in [1.82, 2.24) is 0 Å². The molecule has 1 nitrogen and oxygen atoms in total. The van der Waals surface area contributed by atoms with Crippen molar-refractivity contribution in [2.45, 2.75) is 26.2 Å². The maximum Gasteiger partial charge on any atom is 0.163 e. The van der Waals surface area contributed by atoms with Gasteiger partial charge in [-0.15, -0.1) is 0 Å². The summed E-state index contributed by atoms with van der Waals surface area (Å²) in [4.78, 5) is 11.4. The number of hydrogen-bond acceptors (Lipinski definition) is 1. The summed E-state index contributed by atoms with van der Waals surface area (Å²) in [6, 6.07) is 3.42. The van der Waals surface area contributed by atoms with Gasteiger partial charge in [0.2, 0.25) is 0 Å². The normalized spacial score (nSPS) is 15.7. The Morgan fingerprint density at radius 2 is 2.08 bits per heavy atom. The van der Waals surface area contributed by atoms with Gasteiger partial charge in [0, 0.05) is 12.0 Å². The van der Waals surface area contributed by atoms with Crippen molar-refractivity contribution in [3.05, 3.63) is 34.6 Å². The second-order valence-electron chi connectivity index (χ2n) is 3.50. The van der Waals surface area contributed by atoms with Crippen molar-refractivity contribution in [2.24, 2.45) is 0 Å². The Kier molecular flexibility index (Phi) is 1.91. The van der Waals surface area contributed by atoms with Crippen LogP contribution in [0.2, 0.25) is 0 Å². The Morgan fingerprint density at radius 1 is 1.31 bits per heavy atom. The lowest BCUT2D eigenvalue weighted by atomic mass is 9.89. The molecule has 0 radical (unpaired) electrons. The van der Waals surface area contributed by atoms with E-state index in [1.165, 1.54) is 0 Å². The number of fused-ring (bicyclic) bond motifs is 1. The van der Waals surface area contributed by atoms with Crippen LogP contribution in [0.4, 0.5) is 4.39 Å². The molecule has 0 aromatic heterocycles. The van der Waals surface area contributed by atoms with Crippen LogP contribution in [0, 0.1) is 12.7 Å². The number of carbonyl (C=O) groups is 1. The summed E-state index contributed by atoms with van der Waals surface area (Å²) in [5.41, 5.74) is 1.85. The maximum atomic E-state index is 13.5. The van der Waals surface area contributed by atoms with Crippen LogP contribution in [0.3, 0.4) is 0 Å². The summed E-state index contributed by atoms with van der Waals surface area (Å²) in [5.74, 6) is -0.106. The van der Waals surface area contributed by atoms with E-state index >= 15 is 0 Å². The number of ketones is 1. The highest BCUT2D eigenvalue weighted by Crippen LogP contribution is 2.25. The van der Waals surface area contributed by atoms with Gasteiger partial charge in [-0.25, -0.2) is 4.39 Å². The number of carbonyl (C=O) groups excluding carboxylic acids is 1. The largest absolute Gasteiger partial charge is 0.294 e. The fourth-order valence-electron chi connectivity index (χ4n) is 1.80. The van der Waals surface area contributed by atoms with Crippen LogP contribution in [0.15, 0.2) is 12.1 Å². The van der Waals surface area contributed by atoms with Crippen LogP contribution in [0.1, 0.15) is 34.3 Å². The highest BCUT2D eigenvalue weighted by atomic mass is 19.1. The average molecular weight is 178 g/mol. The predicted molar refractivity (Wildman–Crippen MR) is 48.4 cm³/mol. The van der Waals surface area contributed by atoms with Gasteiger partial charge in [-0.05, 0) is 30.9 Å². The van der Waals surface area contributed by atoms with Crippen molar-refractivity contribution in [1.29, 1.82) is 0 Å². The molecular formula is C11H11FO. The molecule has 13 heavy (non-hydrogen) atoms. The Bertz CT molecular complexity index is 369. The van der Waals surface area contributed by atoms with Gasteiger partial charge in [0.15, 0.2) is 5.78 Å². The molecule has 1 aromatic carbocycles. The topological polar surface area (TPSA) is 17.1 Å². The molecule has 0 saturated heterocycles. The second kappa shape index (κ2) is 2.95. The Balaban J connectivity index is 2.63. The van der Waals surface area contributed by atoms with E-state index in [2.05, 4.69) is 0 Å². The first-order valence-electron chi connectivity index (χ1n) is 4.51. The van der Waals surface area contributed by atoms with Crippen LogP contribution < -0.4 is 0 Å². The highest BCUT2D eigenvalue weighted by Gasteiger charge is 2.20. The quantitative estimate of drug-likeness (QED) is 0.597. The molecule has 1 aromatic rings. The molecule has 1 aliphatic rings. The number of aryl methyl sites for hydroxylation is 1. The molecule has 0 bridgehead atoms. The van der Waals surface area contributed by atoms with Gasteiger partial charge < -0.3 is 0 Å². The van der Waals surface area contributed by atoms with Crippen LogP contribution >= 0.6 is 0 Å². The first-order valence-corrected chi connectivity index (χ1v) is 4.51. The van der Waals surface area contributed by atoms with Gasteiger partial charge in [0.25, 0.3) is 0 Å². The van der Waals surface area contributed by atoms with Gasteiger partial charge in [-0.3, -0.25) is 4.79 Å². The summed E-state index contributed by atoms with van der Waals surface area (Å²) in [5, 5.41) is 0. The van der Waals surface area contributed by atoms with Crippen LogP contribution in [-0.4, -0.2) is 5.78 Å². The zero-order chi connectivity index (χ0) is 9.42. The lowest BCUT2D eigenvalue weighted by Crippen LogP contribution is -2.13. The first-order chi connectivity index (χ1) is 6.20. The molecule has 0 unspecified atom stereocenters. The number of benzene rings is 1. The fraction of sp³-hybridized carbons (Fsp3) is 0.364. The van der Waals surface area contributed by atoms with Crippen molar-refractivity contribution in [3.63, 3.8) is 0 Å². The van der Waals surface area contributed by atoms with Gasteiger partial charge >= 0.3 is 0 Å². The number of halogens is 1. The summed E-state index contributed by atoms with van der Waals surface area (Å²) in [7, 11) is 0. The van der Waals surface area contributed by atoms with Gasteiger partial charge in [-0.1, -0.05) is 12.1 Å². The average Bonchev–Trinajstić information content (AvgIpc) is 2.12. The molecule has 0 amide bonds. The lowest BCUT2D eigenvalue weighted by Gasteiger charge is -2.15. The van der Waals surface area contributed by atoms with Crippen LogP contribution in [0.25, 0.3) is 0 Å². The summed E-state index contributed by atoms with van der Waals surface area (Å²) in [6.45, 7) is 1.73.